The summed E-state index contributed by atoms with van der Waals surface area (Å²) in [6, 6.07) is 5.81. The molecule has 1 amide bonds. The molecule has 1 N–H and O–H groups in total. The Morgan fingerprint density at radius 3 is 2.21 bits per heavy atom. The molecule has 1 rings (SSSR count). The molecule has 0 aliphatic heterocycles. The van der Waals surface area contributed by atoms with Crippen LogP contribution in [0.3, 0.4) is 0 Å². The molecule has 0 unspecified atom stereocenters. The third kappa shape index (κ3) is 3.71. The van der Waals surface area contributed by atoms with Gasteiger partial charge < -0.3 is 5.32 Å². The highest BCUT2D eigenvalue weighted by molar-refractivity contribution is 5.94. The Morgan fingerprint density at radius 2 is 1.84 bits per heavy atom. The minimum atomic E-state index is -4.43. The van der Waals surface area contributed by atoms with Crippen molar-refractivity contribution in [3.05, 3.63) is 35.4 Å². The van der Waals surface area contributed by atoms with Gasteiger partial charge in [-0.2, -0.15) is 18.4 Å². The second-order valence-electron chi connectivity index (χ2n) is 4.33. The summed E-state index contributed by atoms with van der Waals surface area (Å²) in [7, 11) is 0. The zero-order valence-corrected chi connectivity index (χ0v) is 10.5. The average Bonchev–Trinajstić information content (AvgIpc) is 2.37. The van der Waals surface area contributed by atoms with Gasteiger partial charge in [-0.3, -0.25) is 4.79 Å². The Balaban J connectivity index is 2.88. The highest BCUT2D eigenvalue weighted by Gasteiger charge is 2.30. The van der Waals surface area contributed by atoms with Crippen LogP contribution >= 0.6 is 0 Å². The number of rotatable bonds is 3. The average molecular weight is 270 g/mol. The molecule has 19 heavy (non-hydrogen) atoms. The topological polar surface area (TPSA) is 52.9 Å². The van der Waals surface area contributed by atoms with Crippen molar-refractivity contribution in [1.82, 2.24) is 5.32 Å². The van der Waals surface area contributed by atoms with Gasteiger partial charge in [-0.05, 0) is 37.6 Å². The van der Waals surface area contributed by atoms with Gasteiger partial charge in [-0.15, -0.1) is 0 Å². The van der Waals surface area contributed by atoms with E-state index in [-0.39, 0.29) is 5.56 Å². The van der Waals surface area contributed by atoms with Crippen molar-refractivity contribution in [2.75, 3.05) is 0 Å². The summed E-state index contributed by atoms with van der Waals surface area (Å²) < 4.78 is 37.1. The SMILES string of the molecule is CC[C@@](C)(C#N)NC(=O)c1ccc(C(F)(F)F)cc1. The summed E-state index contributed by atoms with van der Waals surface area (Å²) >= 11 is 0. The van der Waals surface area contributed by atoms with E-state index < -0.39 is 23.2 Å². The van der Waals surface area contributed by atoms with Crippen molar-refractivity contribution in [2.24, 2.45) is 0 Å². The van der Waals surface area contributed by atoms with Gasteiger partial charge in [0.05, 0.1) is 11.6 Å². The largest absolute Gasteiger partial charge is 0.416 e. The highest BCUT2D eigenvalue weighted by atomic mass is 19.4. The highest BCUT2D eigenvalue weighted by Crippen LogP contribution is 2.29. The molecule has 0 heterocycles. The molecule has 0 aromatic heterocycles. The molecule has 0 aliphatic rings. The number of amides is 1. The lowest BCUT2D eigenvalue weighted by Gasteiger charge is -2.21. The van der Waals surface area contributed by atoms with Gasteiger partial charge in [0, 0.05) is 5.56 Å². The summed E-state index contributed by atoms with van der Waals surface area (Å²) in [6.45, 7) is 3.28. The van der Waals surface area contributed by atoms with Crippen molar-refractivity contribution in [2.45, 2.75) is 32.0 Å². The van der Waals surface area contributed by atoms with Crippen LogP contribution in [-0.4, -0.2) is 11.4 Å². The Bertz CT molecular complexity index is 502. The zero-order chi connectivity index (χ0) is 14.7. The lowest BCUT2D eigenvalue weighted by atomic mass is 10.0. The first-order valence-electron chi connectivity index (χ1n) is 5.63. The van der Waals surface area contributed by atoms with E-state index in [1.165, 1.54) is 0 Å². The Morgan fingerprint density at radius 1 is 1.32 bits per heavy atom. The van der Waals surface area contributed by atoms with E-state index in [4.69, 9.17) is 5.26 Å². The third-order valence-corrected chi connectivity index (χ3v) is 2.82. The molecule has 0 fully saturated rings. The number of carbonyl (C=O) groups is 1. The fourth-order valence-electron chi connectivity index (χ4n) is 1.33. The summed E-state index contributed by atoms with van der Waals surface area (Å²) in [5.41, 5.74) is -1.76. The van der Waals surface area contributed by atoms with Crippen LogP contribution in [0.25, 0.3) is 0 Å². The molecule has 6 heteroatoms. The van der Waals surface area contributed by atoms with E-state index >= 15 is 0 Å². The van der Waals surface area contributed by atoms with Crippen LogP contribution in [-0.2, 0) is 6.18 Å². The molecule has 0 spiro atoms. The molecule has 1 aromatic rings. The standard InChI is InChI=1S/C13H13F3N2O/c1-3-12(2,8-17)18-11(19)9-4-6-10(7-5-9)13(14,15)16/h4-7H,3H2,1-2H3,(H,18,19)/t12-/m0/s1. The predicted molar refractivity (Wildman–Crippen MR) is 63.2 cm³/mol. The maximum Gasteiger partial charge on any atom is 0.416 e. The first-order chi connectivity index (χ1) is 8.72. The molecule has 1 aromatic carbocycles. The second kappa shape index (κ2) is 5.31. The number of nitriles is 1. The van der Waals surface area contributed by atoms with Gasteiger partial charge in [-0.1, -0.05) is 6.92 Å². The minimum Gasteiger partial charge on any atom is -0.334 e. The van der Waals surface area contributed by atoms with E-state index in [9.17, 15) is 18.0 Å². The van der Waals surface area contributed by atoms with Crippen LogP contribution < -0.4 is 5.32 Å². The van der Waals surface area contributed by atoms with Crippen molar-refractivity contribution in [1.29, 1.82) is 5.26 Å². The Hall–Kier alpha value is -2.03. The Labute approximate surface area is 109 Å². The molecule has 0 bridgehead atoms. The molecule has 0 aliphatic carbocycles. The van der Waals surface area contributed by atoms with Crippen molar-refractivity contribution >= 4 is 5.91 Å². The fraction of sp³-hybridized carbons (Fsp3) is 0.385. The van der Waals surface area contributed by atoms with Crippen LogP contribution in [0, 0.1) is 11.3 Å². The first-order valence-corrected chi connectivity index (χ1v) is 5.63. The van der Waals surface area contributed by atoms with Gasteiger partial charge in [0.15, 0.2) is 0 Å². The maximum absolute atomic E-state index is 12.4. The minimum absolute atomic E-state index is 0.0860. The fourth-order valence-corrected chi connectivity index (χ4v) is 1.33. The predicted octanol–water partition coefficient (Wildman–Crippen LogP) is 3.13. The molecule has 1 atom stereocenters. The number of alkyl halides is 3. The van der Waals surface area contributed by atoms with Gasteiger partial charge in [0.1, 0.15) is 5.54 Å². The number of benzene rings is 1. The summed E-state index contributed by atoms with van der Waals surface area (Å²) in [4.78, 5) is 11.8. The molecule has 102 valence electrons. The smallest absolute Gasteiger partial charge is 0.334 e. The third-order valence-electron chi connectivity index (χ3n) is 2.82. The van der Waals surface area contributed by atoms with Crippen LogP contribution in [0.15, 0.2) is 24.3 Å². The van der Waals surface area contributed by atoms with Crippen LogP contribution in [0.4, 0.5) is 13.2 Å². The van der Waals surface area contributed by atoms with Gasteiger partial charge >= 0.3 is 6.18 Å². The lowest BCUT2D eigenvalue weighted by Crippen LogP contribution is -2.44. The normalized spacial score (nSPS) is 14.3. The van der Waals surface area contributed by atoms with Crippen molar-refractivity contribution in [3.8, 4) is 6.07 Å². The monoisotopic (exact) mass is 270 g/mol. The van der Waals surface area contributed by atoms with E-state index in [0.717, 1.165) is 24.3 Å². The number of nitrogens with zero attached hydrogens (tertiary/aromatic N) is 1. The van der Waals surface area contributed by atoms with E-state index in [2.05, 4.69) is 5.32 Å². The Kier molecular flexibility index (Phi) is 4.20. The lowest BCUT2D eigenvalue weighted by molar-refractivity contribution is -0.137. The number of hydrogen-bond donors (Lipinski definition) is 1. The molecule has 0 saturated carbocycles. The van der Waals surface area contributed by atoms with Crippen molar-refractivity contribution in [3.63, 3.8) is 0 Å². The summed E-state index contributed by atoms with van der Waals surface area (Å²) in [5.74, 6) is -0.570. The van der Waals surface area contributed by atoms with E-state index in [1.54, 1.807) is 13.8 Å². The van der Waals surface area contributed by atoms with Crippen LogP contribution in [0.2, 0.25) is 0 Å². The zero-order valence-electron chi connectivity index (χ0n) is 10.5. The first kappa shape index (κ1) is 15.0. The van der Waals surface area contributed by atoms with Gasteiger partial charge in [0.2, 0.25) is 0 Å². The number of carbonyl (C=O) groups excluding carboxylic acids is 1. The van der Waals surface area contributed by atoms with Gasteiger partial charge in [0.25, 0.3) is 5.91 Å². The molecule has 0 saturated heterocycles. The number of halogens is 3. The second-order valence-corrected chi connectivity index (χ2v) is 4.33. The van der Waals surface area contributed by atoms with E-state index in [0.29, 0.717) is 6.42 Å². The molecule has 3 nitrogen and oxygen atoms in total. The molecular weight excluding hydrogens is 257 g/mol. The van der Waals surface area contributed by atoms with Crippen LogP contribution in [0.1, 0.15) is 36.2 Å². The van der Waals surface area contributed by atoms with Crippen LogP contribution in [0.5, 0.6) is 0 Å². The summed E-state index contributed by atoms with van der Waals surface area (Å²) in [5, 5.41) is 11.4. The maximum atomic E-state index is 12.4. The molecule has 0 radical (unpaired) electrons. The van der Waals surface area contributed by atoms with E-state index in [1.807, 2.05) is 6.07 Å². The van der Waals surface area contributed by atoms with Gasteiger partial charge in [-0.25, -0.2) is 0 Å². The number of hydrogen-bond acceptors (Lipinski definition) is 2. The number of nitrogens with one attached hydrogen (secondary N) is 1. The quantitative estimate of drug-likeness (QED) is 0.917. The molecular formula is C13H13F3N2O. The summed E-state index contributed by atoms with van der Waals surface area (Å²) in [6.07, 6.45) is -4.03. The van der Waals surface area contributed by atoms with Crippen molar-refractivity contribution < 1.29 is 18.0 Å².